The first kappa shape index (κ1) is 10.6. The Labute approximate surface area is 90.2 Å². The molecule has 0 aliphatic carbocycles. The van der Waals surface area contributed by atoms with Gasteiger partial charge in [-0.25, -0.2) is 4.39 Å². The summed E-state index contributed by atoms with van der Waals surface area (Å²) in [4.78, 5) is 0. The van der Waals surface area contributed by atoms with E-state index < -0.39 is 5.82 Å². The molecule has 0 bridgehead atoms. The number of terminal acetylenes is 1. The van der Waals surface area contributed by atoms with Crippen molar-refractivity contribution in [3.8, 4) is 12.3 Å². The van der Waals surface area contributed by atoms with Gasteiger partial charge in [-0.15, -0.1) is 6.42 Å². The summed E-state index contributed by atoms with van der Waals surface area (Å²) in [7, 11) is 0. The lowest BCUT2D eigenvalue weighted by Gasteiger charge is -2.09. The number of hydrogen-bond acceptors (Lipinski definition) is 0. The molecule has 0 heterocycles. The fraction of sp³-hybridized carbons (Fsp3) is 0.200. The Balaban J connectivity index is 3.35. The van der Waals surface area contributed by atoms with Crippen molar-refractivity contribution < 1.29 is 4.39 Å². The largest absolute Gasteiger partial charge is 0.205 e. The summed E-state index contributed by atoms with van der Waals surface area (Å²) in [6.07, 6.45) is 5.21. The summed E-state index contributed by atoms with van der Waals surface area (Å²) in [5, 5.41) is 0.0975. The van der Waals surface area contributed by atoms with Crippen LogP contribution in [0.1, 0.15) is 18.4 Å². The van der Waals surface area contributed by atoms with Gasteiger partial charge in [-0.05, 0) is 19.1 Å². The number of benzene rings is 1. The van der Waals surface area contributed by atoms with Crippen molar-refractivity contribution in [2.45, 2.75) is 12.8 Å². The molecule has 0 fully saturated rings. The van der Waals surface area contributed by atoms with Crippen molar-refractivity contribution in [1.29, 1.82) is 0 Å². The Morgan fingerprint density at radius 3 is 2.77 bits per heavy atom. The van der Waals surface area contributed by atoms with Crippen LogP contribution in [0.25, 0.3) is 0 Å². The highest BCUT2D eigenvalue weighted by Crippen LogP contribution is 2.31. The number of hydrogen-bond donors (Lipinski definition) is 0. The monoisotopic (exact) mass is 260 g/mol. The minimum Gasteiger partial charge on any atom is -0.205 e. The van der Waals surface area contributed by atoms with Gasteiger partial charge in [-0.3, -0.25) is 0 Å². The minimum absolute atomic E-state index is 0.0975. The lowest BCUT2D eigenvalue weighted by atomic mass is 10.0. The van der Waals surface area contributed by atoms with E-state index in [2.05, 4.69) is 21.9 Å². The number of rotatable bonds is 1. The molecule has 13 heavy (non-hydrogen) atoms. The van der Waals surface area contributed by atoms with Crippen molar-refractivity contribution in [3.63, 3.8) is 0 Å². The summed E-state index contributed by atoms with van der Waals surface area (Å²) in [6, 6.07) is 3.18. The summed E-state index contributed by atoms with van der Waals surface area (Å²) in [5.74, 6) is 1.73. The first-order valence-electron chi connectivity index (χ1n) is 3.67. The van der Waals surface area contributed by atoms with Crippen molar-refractivity contribution in [2.24, 2.45) is 0 Å². The molecule has 0 saturated carbocycles. The normalized spacial score (nSPS) is 12.2. The van der Waals surface area contributed by atoms with E-state index in [1.807, 2.05) is 0 Å². The summed E-state index contributed by atoms with van der Waals surface area (Å²) >= 11 is 8.85. The van der Waals surface area contributed by atoms with Gasteiger partial charge < -0.3 is 0 Å². The van der Waals surface area contributed by atoms with Gasteiger partial charge in [0.1, 0.15) is 5.82 Å². The van der Waals surface area contributed by atoms with E-state index in [1.54, 1.807) is 13.0 Å². The molecule has 0 aliphatic rings. The van der Waals surface area contributed by atoms with Crippen LogP contribution in [-0.2, 0) is 0 Å². The van der Waals surface area contributed by atoms with Gasteiger partial charge in [-0.1, -0.05) is 33.5 Å². The molecule has 0 N–H and O–H groups in total. The van der Waals surface area contributed by atoms with Crippen LogP contribution in [0.3, 0.4) is 0 Å². The van der Waals surface area contributed by atoms with E-state index in [0.717, 1.165) is 0 Å². The topological polar surface area (TPSA) is 0 Å². The van der Waals surface area contributed by atoms with Gasteiger partial charge in [0.15, 0.2) is 0 Å². The van der Waals surface area contributed by atoms with Crippen LogP contribution in [0.2, 0.25) is 5.02 Å². The lowest BCUT2D eigenvalue weighted by molar-refractivity contribution is 0.606. The zero-order valence-electron chi connectivity index (χ0n) is 6.94. The average molecular weight is 262 g/mol. The van der Waals surface area contributed by atoms with Gasteiger partial charge >= 0.3 is 0 Å². The molecule has 1 unspecified atom stereocenters. The van der Waals surface area contributed by atoms with Gasteiger partial charge in [0.25, 0.3) is 0 Å². The highest BCUT2D eigenvalue weighted by Gasteiger charge is 2.15. The third-order valence-corrected chi connectivity index (χ3v) is 2.75. The van der Waals surface area contributed by atoms with Crippen LogP contribution in [0.5, 0.6) is 0 Å². The highest BCUT2D eigenvalue weighted by atomic mass is 79.9. The van der Waals surface area contributed by atoms with Crippen molar-refractivity contribution in [1.82, 2.24) is 0 Å². The molecule has 1 atom stereocenters. The Bertz CT molecular complexity index is 368. The Morgan fingerprint density at radius 2 is 2.23 bits per heavy atom. The van der Waals surface area contributed by atoms with E-state index in [0.29, 0.717) is 10.0 Å². The third-order valence-electron chi connectivity index (χ3n) is 1.76. The second-order valence-corrected chi connectivity index (χ2v) is 3.91. The molecule has 0 aromatic heterocycles. The second-order valence-electron chi connectivity index (χ2n) is 2.65. The summed E-state index contributed by atoms with van der Waals surface area (Å²) < 4.78 is 14.1. The predicted octanol–water partition coefficient (Wildman–Crippen LogP) is 3.98. The van der Waals surface area contributed by atoms with E-state index in [9.17, 15) is 4.39 Å². The van der Waals surface area contributed by atoms with Crippen LogP contribution in [-0.4, -0.2) is 0 Å². The van der Waals surface area contributed by atoms with Gasteiger partial charge in [-0.2, -0.15) is 0 Å². The van der Waals surface area contributed by atoms with Gasteiger partial charge in [0, 0.05) is 16.0 Å². The molecular formula is C10H7BrClF. The molecule has 0 aliphatic heterocycles. The molecule has 0 amide bonds. The van der Waals surface area contributed by atoms with Crippen LogP contribution in [0.15, 0.2) is 16.6 Å². The van der Waals surface area contributed by atoms with Crippen LogP contribution >= 0.6 is 27.5 Å². The van der Waals surface area contributed by atoms with Gasteiger partial charge in [0.05, 0.1) is 5.02 Å². The molecule has 0 spiro atoms. The van der Waals surface area contributed by atoms with E-state index in [1.165, 1.54) is 6.07 Å². The quantitative estimate of drug-likeness (QED) is 0.530. The van der Waals surface area contributed by atoms with Crippen LogP contribution in [0, 0.1) is 18.2 Å². The molecule has 68 valence electrons. The molecule has 1 aromatic carbocycles. The Kier molecular flexibility index (Phi) is 3.35. The van der Waals surface area contributed by atoms with Gasteiger partial charge in [0.2, 0.25) is 0 Å². The predicted molar refractivity (Wildman–Crippen MR) is 56.4 cm³/mol. The van der Waals surface area contributed by atoms with Crippen molar-refractivity contribution in [3.05, 3.63) is 33.0 Å². The maximum Gasteiger partial charge on any atom is 0.147 e. The first-order valence-corrected chi connectivity index (χ1v) is 4.84. The molecule has 3 heteroatoms. The molecule has 1 rings (SSSR count). The Hall–Kier alpha value is -0.520. The fourth-order valence-corrected chi connectivity index (χ4v) is 1.84. The molecule has 0 radical (unpaired) electrons. The Morgan fingerprint density at radius 1 is 1.62 bits per heavy atom. The maximum atomic E-state index is 13.4. The zero-order valence-corrected chi connectivity index (χ0v) is 9.29. The fourth-order valence-electron chi connectivity index (χ4n) is 1.02. The number of halogens is 3. The second kappa shape index (κ2) is 4.13. The van der Waals surface area contributed by atoms with E-state index in [4.69, 9.17) is 18.0 Å². The third kappa shape index (κ3) is 2.04. The van der Waals surface area contributed by atoms with Crippen LogP contribution in [0.4, 0.5) is 4.39 Å². The minimum atomic E-state index is -0.443. The lowest BCUT2D eigenvalue weighted by Crippen LogP contribution is -1.96. The van der Waals surface area contributed by atoms with Crippen LogP contribution < -0.4 is 0 Å². The first-order chi connectivity index (χ1) is 6.07. The average Bonchev–Trinajstić information content (AvgIpc) is 2.12. The molecule has 0 saturated heterocycles. The van der Waals surface area contributed by atoms with Crippen molar-refractivity contribution >= 4 is 27.5 Å². The summed E-state index contributed by atoms with van der Waals surface area (Å²) in [6.45, 7) is 1.75. The molecule has 0 nitrogen and oxygen atoms in total. The SMILES string of the molecule is C#CC(C)c1c(Br)ccc(Cl)c1F. The smallest absolute Gasteiger partial charge is 0.147 e. The molecular weight excluding hydrogens is 254 g/mol. The van der Waals surface area contributed by atoms with E-state index >= 15 is 0 Å². The van der Waals surface area contributed by atoms with E-state index in [-0.39, 0.29) is 10.9 Å². The maximum absolute atomic E-state index is 13.4. The zero-order chi connectivity index (χ0) is 10.0. The summed E-state index contributed by atoms with van der Waals surface area (Å²) in [5.41, 5.74) is 0.440. The standard InChI is InChI=1S/C10H7BrClF/c1-3-6(2)9-7(11)4-5-8(12)10(9)13/h1,4-6H,2H3. The molecule has 1 aromatic rings. The highest BCUT2D eigenvalue weighted by molar-refractivity contribution is 9.10. The van der Waals surface area contributed by atoms with Crippen molar-refractivity contribution in [2.75, 3.05) is 0 Å².